The average molecular weight is 324 g/mol. The molecule has 1 saturated heterocycles. The van der Waals surface area contributed by atoms with Crippen molar-refractivity contribution in [1.82, 2.24) is 0 Å². The summed E-state index contributed by atoms with van der Waals surface area (Å²) in [7, 11) is 0. The van der Waals surface area contributed by atoms with Crippen LogP contribution in [0.1, 0.15) is 50.3 Å². The van der Waals surface area contributed by atoms with Crippen molar-refractivity contribution in [2.45, 2.75) is 39.4 Å². The first kappa shape index (κ1) is 15.7. The predicted molar refractivity (Wildman–Crippen MR) is 93.5 cm³/mol. The molecule has 0 saturated carbocycles. The summed E-state index contributed by atoms with van der Waals surface area (Å²) in [6.45, 7) is 10.0. The first-order valence-corrected chi connectivity index (χ1v) is 8.61. The van der Waals surface area contributed by atoms with Gasteiger partial charge in [0.05, 0.1) is 24.3 Å². The summed E-state index contributed by atoms with van der Waals surface area (Å²) in [6, 6.07) is 14.3. The molecular formula is C21H24O3. The number of hydrogen-bond acceptors (Lipinski definition) is 3. The minimum atomic E-state index is -0.870. The van der Waals surface area contributed by atoms with Crippen molar-refractivity contribution in [3.8, 4) is 11.5 Å². The highest BCUT2D eigenvalue weighted by molar-refractivity contribution is 5.55. The van der Waals surface area contributed by atoms with E-state index in [4.69, 9.17) is 14.2 Å². The largest absolute Gasteiger partial charge is 0.456 e. The second kappa shape index (κ2) is 5.33. The fourth-order valence-corrected chi connectivity index (χ4v) is 3.33. The molecule has 1 fully saturated rings. The highest BCUT2D eigenvalue weighted by Gasteiger charge is 2.49. The van der Waals surface area contributed by atoms with Crippen LogP contribution in [0, 0.1) is 5.41 Å². The highest BCUT2D eigenvalue weighted by Crippen LogP contribution is 2.52. The van der Waals surface area contributed by atoms with Gasteiger partial charge in [-0.25, -0.2) is 0 Å². The molecule has 0 aromatic heterocycles. The van der Waals surface area contributed by atoms with E-state index < -0.39 is 5.79 Å². The Morgan fingerprint density at radius 3 is 2.25 bits per heavy atom. The maximum absolute atomic E-state index is 6.41. The molecule has 0 aliphatic carbocycles. The van der Waals surface area contributed by atoms with Crippen molar-refractivity contribution in [1.29, 1.82) is 0 Å². The van der Waals surface area contributed by atoms with Crippen molar-refractivity contribution < 1.29 is 14.2 Å². The van der Waals surface area contributed by atoms with Gasteiger partial charge in [0, 0.05) is 5.41 Å². The first-order valence-electron chi connectivity index (χ1n) is 8.61. The Hall–Kier alpha value is -1.84. The van der Waals surface area contributed by atoms with Crippen LogP contribution < -0.4 is 4.74 Å². The van der Waals surface area contributed by atoms with E-state index in [1.165, 1.54) is 5.56 Å². The first-order chi connectivity index (χ1) is 11.4. The third kappa shape index (κ3) is 2.35. The summed E-state index contributed by atoms with van der Waals surface area (Å²) in [5.74, 6) is 1.19. The Labute approximate surface area is 143 Å². The van der Waals surface area contributed by atoms with E-state index in [0.717, 1.165) is 22.6 Å². The van der Waals surface area contributed by atoms with Crippen molar-refractivity contribution in [2.75, 3.05) is 13.2 Å². The molecule has 0 atom stereocenters. The van der Waals surface area contributed by atoms with E-state index in [2.05, 4.69) is 39.8 Å². The Morgan fingerprint density at radius 2 is 1.54 bits per heavy atom. The highest BCUT2D eigenvalue weighted by atomic mass is 16.7. The predicted octanol–water partition coefficient (Wildman–Crippen LogP) is 5.19. The molecule has 4 rings (SSSR count). The van der Waals surface area contributed by atoms with Gasteiger partial charge in [0.2, 0.25) is 5.79 Å². The second-order valence-electron chi connectivity index (χ2n) is 7.87. The van der Waals surface area contributed by atoms with Gasteiger partial charge in [-0.2, -0.15) is 0 Å². The van der Waals surface area contributed by atoms with Gasteiger partial charge in [0.1, 0.15) is 11.5 Å². The molecule has 2 aromatic carbocycles. The van der Waals surface area contributed by atoms with Gasteiger partial charge >= 0.3 is 0 Å². The summed E-state index contributed by atoms with van der Waals surface area (Å²) in [4.78, 5) is 0. The molecule has 0 unspecified atom stereocenters. The molecule has 2 aromatic rings. The normalized spacial score (nSPS) is 20.4. The number of para-hydroxylation sites is 1. The Kier molecular flexibility index (Phi) is 3.48. The van der Waals surface area contributed by atoms with Crippen molar-refractivity contribution >= 4 is 0 Å². The third-order valence-electron chi connectivity index (χ3n) is 4.82. The molecule has 3 nitrogen and oxygen atoms in total. The van der Waals surface area contributed by atoms with Gasteiger partial charge in [-0.05, 0) is 35.7 Å². The number of benzene rings is 2. The lowest BCUT2D eigenvalue weighted by molar-refractivity contribution is -0.286. The summed E-state index contributed by atoms with van der Waals surface area (Å²) in [6.07, 6.45) is 0. The van der Waals surface area contributed by atoms with E-state index in [1.54, 1.807) is 0 Å². The third-order valence-corrected chi connectivity index (χ3v) is 4.82. The van der Waals surface area contributed by atoms with Gasteiger partial charge in [-0.1, -0.05) is 45.9 Å². The van der Waals surface area contributed by atoms with Crippen LogP contribution in [0.4, 0.5) is 0 Å². The summed E-state index contributed by atoms with van der Waals surface area (Å²) in [5.41, 5.74) is 3.19. The van der Waals surface area contributed by atoms with Crippen LogP contribution >= 0.6 is 0 Å². The van der Waals surface area contributed by atoms with Crippen LogP contribution in [-0.2, 0) is 15.3 Å². The van der Waals surface area contributed by atoms with Gasteiger partial charge < -0.3 is 14.2 Å². The van der Waals surface area contributed by atoms with Crippen LogP contribution in [-0.4, -0.2) is 13.2 Å². The molecule has 2 aliphatic rings. The second-order valence-corrected chi connectivity index (χ2v) is 7.87. The van der Waals surface area contributed by atoms with E-state index in [0.29, 0.717) is 19.1 Å². The Morgan fingerprint density at radius 1 is 0.875 bits per heavy atom. The fraction of sp³-hybridized carbons (Fsp3) is 0.429. The number of fused-ring (bicyclic) bond motifs is 4. The molecule has 24 heavy (non-hydrogen) atoms. The molecule has 1 spiro atoms. The van der Waals surface area contributed by atoms with Crippen molar-refractivity contribution in [3.63, 3.8) is 0 Å². The summed E-state index contributed by atoms with van der Waals surface area (Å²) >= 11 is 0. The molecule has 0 bridgehead atoms. The van der Waals surface area contributed by atoms with Crippen LogP contribution in [0.5, 0.6) is 11.5 Å². The van der Waals surface area contributed by atoms with E-state index in [9.17, 15) is 0 Å². The van der Waals surface area contributed by atoms with E-state index >= 15 is 0 Å². The van der Waals surface area contributed by atoms with Gasteiger partial charge in [0.25, 0.3) is 0 Å². The molecule has 0 amide bonds. The lowest BCUT2D eigenvalue weighted by Crippen LogP contribution is -2.47. The number of rotatable bonds is 1. The zero-order valence-corrected chi connectivity index (χ0v) is 14.8. The summed E-state index contributed by atoms with van der Waals surface area (Å²) < 4.78 is 18.9. The van der Waals surface area contributed by atoms with E-state index in [-0.39, 0.29) is 5.41 Å². The molecular weight excluding hydrogens is 300 g/mol. The molecule has 0 N–H and O–H groups in total. The monoisotopic (exact) mass is 324 g/mol. The Balaban J connectivity index is 1.90. The topological polar surface area (TPSA) is 27.7 Å². The van der Waals surface area contributed by atoms with Crippen LogP contribution in [0.3, 0.4) is 0 Å². The van der Waals surface area contributed by atoms with Crippen molar-refractivity contribution in [3.05, 3.63) is 59.2 Å². The lowest BCUT2D eigenvalue weighted by atomic mass is 9.87. The zero-order chi connectivity index (χ0) is 16.9. The molecule has 126 valence electrons. The quantitative estimate of drug-likeness (QED) is 0.722. The van der Waals surface area contributed by atoms with Crippen LogP contribution in [0.2, 0.25) is 0 Å². The SMILES string of the molecule is CC(C)c1ccc2c(c1)C1(OCC(C)(C)CO1)c1ccccc1O2. The van der Waals surface area contributed by atoms with Gasteiger partial charge in [-0.3, -0.25) is 0 Å². The fourth-order valence-electron chi connectivity index (χ4n) is 3.33. The molecule has 0 radical (unpaired) electrons. The molecule has 2 aliphatic heterocycles. The van der Waals surface area contributed by atoms with Crippen LogP contribution in [0.15, 0.2) is 42.5 Å². The lowest BCUT2D eigenvalue weighted by Gasteiger charge is -2.46. The van der Waals surface area contributed by atoms with E-state index in [1.807, 2.05) is 30.3 Å². The maximum atomic E-state index is 6.41. The molecule has 3 heteroatoms. The van der Waals surface area contributed by atoms with Gasteiger partial charge in [-0.15, -0.1) is 0 Å². The minimum Gasteiger partial charge on any atom is -0.456 e. The van der Waals surface area contributed by atoms with Crippen molar-refractivity contribution in [2.24, 2.45) is 5.41 Å². The number of ether oxygens (including phenoxy) is 3. The maximum Gasteiger partial charge on any atom is 0.229 e. The Bertz CT molecular complexity index is 766. The van der Waals surface area contributed by atoms with Gasteiger partial charge in [0.15, 0.2) is 0 Å². The molecule has 2 heterocycles. The summed E-state index contributed by atoms with van der Waals surface area (Å²) in [5, 5.41) is 0. The standard InChI is InChI=1S/C21H24O3/c1-14(2)15-9-10-19-17(11-15)21(22-12-20(3,4)13-23-21)16-7-5-6-8-18(16)24-19/h5-11,14H,12-13H2,1-4H3. The van der Waals surface area contributed by atoms with Crippen LogP contribution in [0.25, 0.3) is 0 Å². The smallest absolute Gasteiger partial charge is 0.229 e. The average Bonchev–Trinajstić information content (AvgIpc) is 2.57. The minimum absolute atomic E-state index is 0.00825. The zero-order valence-electron chi connectivity index (χ0n) is 14.8. The number of hydrogen-bond donors (Lipinski definition) is 0.